The van der Waals surface area contributed by atoms with E-state index < -0.39 is 5.92 Å². The van der Waals surface area contributed by atoms with E-state index in [4.69, 9.17) is 4.74 Å². The SMILES string of the molecule is COc1ccc2c(c1)[C@H](C(=O)NCc1nc(C)c(C)s1)CC(=O)N2. The lowest BCUT2D eigenvalue weighted by atomic mass is 9.89. The molecule has 2 amide bonds. The highest BCUT2D eigenvalue weighted by Gasteiger charge is 2.31. The third-order valence-corrected chi connectivity index (χ3v) is 5.17. The van der Waals surface area contributed by atoms with Gasteiger partial charge in [0.1, 0.15) is 10.8 Å². The first-order valence-electron chi connectivity index (χ1n) is 7.66. The minimum atomic E-state index is -0.522. The van der Waals surface area contributed by atoms with E-state index in [9.17, 15) is 9.59 Å². The maximum Gasteiger partial charge on any atom is 0.228 e. The molecule has 1 aromatic heterocycles. The minimum absolute atomic E-state index is 0.127. The molecule has 24 heavy (non-hydrogen) atoms. The van der Waals surface area contributed by atoms with E-state index in [1.54, 1.807) is 36.6 Å². The summed E-state index contributed by atoms with van der Waals surface area (Å²) in [5.41, 5.74) is 2.42. The van der Waals surface area contributed by atoms with E-state index in [0.717, 1.165) is 21.1 Å². The van der Waals surface area contributed by atoms with E-state index >= 15 is 0 Å². The third-order valence-electron chi connectivity index (χ3n) is 4.10. The van der Waals surface area contributed by atoms with E-state index in [0.29, 0.717) is 18.0 Å². The maximum atomic E-state index is 12.6. The second kappa shape index (κ2) is 6.60. The molecule has 2 aromatic rings. The van der Waals surface area contributed by atoms with Crippen molar-refractivity contribution < 1.29 is 14.3 Å². The monoisotopic (exact) mass is 345 g/mol. The lowest BCUT2D eigenvalue weighted by Crippen LogP contribution is -2.34. The predicted molar refractivity (Wildman–Crippen MR) is 92.4 cm³/mol. The lowest BCUT2D eigenvalue weighted by Gasteiger charge is -2.25. The van der Waals surface area contributed by atoms with Crippen LogP contribution in [0.4, 0.5) is 5.69 Å². The number of aryl methyl sites for hydroxylation is 2. The van der Waals surface area contributed by atoms with Crippen LogP contribution in [-0.2, 0) is 16.1 Å². The molecule has 126 valence electrons. The number of nitrogens with one attached hydrogen (secondary N) is 2. The number of carbonyl (C=O) groups excluding carboxylic acids is 2. The van der Waals surface area contributed by atoms with Crippen LogP contribution in [0.5, 0.6) is 5.75 Å². The van der Waals surface area contributed by atoms with Gasteiger partial charge >= 0.3 is 0 Å². The van der Waals surface area contributed by atoms with Gasteiger partial charge in [0.05, 0.1) is 25.3 Å². The average molecular weight is 345 g/mol. The smallest absolute Gasteiger partial charge is 0.228 e. The van der Waals surface area contributed by atoms with Gasteiger partial charge in [-0.1, -0.05) is 0 Å². The molecule has 1 atom stereocenters. The Hall–Kier alpha value is -2.41. The Bertz CT molecular complexity index is 781. The molecule has 0 bridgehead atoms. The van der Waals surface area contributed by atoms with Gasteiger partial charge in [-0.25, -0.2) is 4.98 Å². The molecule has 1 aromatic carbocycles. The Morgan fingerprint density at radius 3 is 2.92 bits per heavy atom. The maximum absolute atomic E-state index is 12.6. The van der Waals surface area contributed by atoms with Crippen LogP contribution in [-0.4, -0.2) is 23.9 Å². The normalized spacial score (nSPS) is 16.3. The molecular formula is C17H19N3O3S. The molecule has 2 N–H and O–H groups in total. The summed E-state index contributed by atoms with van der Waals surface area (Å²) >= 11 is 1.57. The Morgan fingerprint density at radius 2 is 2.25 bits per heavy atom. The molecule has 2 heterocycles. The Balaban J connectivity index is 1.78. The van der Waals surface area contributed by atoms with Crippen molar-refractivity contribution in [3.05, 3.63) is 39.3 Å². The van der Waals surface area contributed by atoms with Gasteiger partial charge in [-0.05, 0) is 37.6 Å². The number of hydrogen-bond acceptors (Lipinski definition) is 5. The zero-order valence-electron chi connectivity index (χ0n) is 13.8. The van der Waals surface area contributed by atoms with Crippen LogP contribution in [0.15, 0.2) is 18.2 Å². The largest absolute Gasteiger partial charge is 0.497 e. The molecule has 3 rings (SSSR count). The van der Waals surface area contributed by atoms with Crippen LogP contribution in [0.2, 0.25) is 0 Å². The van der Waals surface area contributed by atoms with E-state index in [1.807, 2.05) is 13.8 Å². The molecule has 0 aliphatic carbocycles. The van der Waals surface area contributed by atoms with Crippen LogP contribution in [0, 0.1) is 13.8 Å². The zero-order valence-corrected chi connectivity index (χ0v) is 14.6. The van der Waals surface area contributed by atoms with Gasteiger partial charge in [-0.15, -0.1) is 11.3 Å². The summed E-state index contributed by atoms with van der Waals surface area (Å²) in [6, 6.07) is 5.33. The number of amides is 2. The molecule has 0 spiro atoms. The van der Waals surface area contributed by atoms with Gasteiger partial charge in [-0.2, -0.15) is 0 Å². The van der Waals surface area contributed by atoms with Gasteiger partial charge in [0.15, 0.2) is 0 Å². The molecule has 6 nitrogen and oxygen atoms in total. The molecule has 0 fully saturated rings. The van der Waals surface area contributed by atoms with Crippen molar-refractivity contribution >= 4 is 28.8 Å². The highest BCUT2D eigenvalue weighted by atomic mass is 32.1. The molecule has 1 aliphatic heterocycles. The first-order valence-corrected chi connectivity index (χ1v) is 8.48. The summed E-state index contributed by atoms with van der Waals surface area (Å²) in [7, 11) is 1.57. The van der Waals surface area contributed by atoms with Gasteiger partial charge in [-0.3, -0.25) is 9.59 Å². The number of anilines is 1. The first kappa shape index (κ1) is 16.4. The number of rotatable bonds is 4. The van der Waals surface area contributed by atoms with Gasteiger partial charge in [0, 0.05) is 17.0 Å². The van der Waals surface area contributed by atoms with Crippen LogP contribution in [0.1, 0.15) is 33.5 Å². The molecule has 0 radical (unpaired) electrons. The second-order valence-corrected chi connectivity index (χ2v) is 7.01. The molecule has 0 saturated heterocycles. The highest BCUT2D eigenvalue weighted by Crippen LogP contribution is 2.35. The van der Waals surface area contributed by atoms with Crippen molar-refractivity contribution in [2.24, 2.45) is 0 Å². The average Bonchev–Trinajstić information content (AvgIpc) is 2.89. The van der Waals surface area contributed by atoms with Crippen LogP contribution < -0.4 is 15.4 Å². The number of aromatic nitrogens is 1. The van der Waals surface area contributed by atoms with Crippen LogP contribution >= 0.6 is 11.3 Å². The Labute approximate surface area is 144 Å². The molecule has 7 heteroatoms. The van der Waals surface area contributed by atoms with Gasteiger partial charge < -0.3 is 15.4 Å². The quantitative estimate of drug-likeness (QED) is 0.892. The summed E-state index contributed by atoms with van der Waals surface area (Å²) in [5, 5.41) is 6.56. The number of carbonyl (C=O) groups is 2. The second-order valence-electron chi connectivity index (χ2n) is 5.73. The summed E-state index contributed by atoms with van der Waals surface area (Å²) in [6.45, 7) is 4.33. The Morgan fingerprint density at radius 1 is 1.46 bits per heavy atom. The van der Waals surface area contributed by atoms with Crippen molar-refractivity contribution in [1.82, 2.24) is 10.3 Å². The fraction of sp³-hybridized carbons (Fsp3) is 0.353. The van der Waals surface area contributed by atoms with Gasteiger partial charge in [0.25, 0.3) is 0 Å². The number of methoxy groups -OCH3 is 1. The first-order chi connectivity index (χ1) is 11.5. The van der Waals surface area contributed by atoms with Gasteiger partial charge in [0.2, 0.25) is 11.8 Å². The predicted octanol–water partition coefficient (Wildman–Crippen LogP) is 2.51. The summed E-state index contributed by atoms with van der Waals surface area (Å²) in [6.07, 6.45) is 0.127. The minimum Gasteiger partial charge on any atom is -0.497 e. The number of hydrogen-bond donors (Lipinski definition) is 2. The summed E-state index contributed by atoms with van der Waals surface area (Å²) in [4.78, 5) is 30.1. The van der Waals surface area contributed by atoms with E-state index in [1.165, 1.54) is 0 Å². The van der Waals surface area contributed by atoms with Crippen molar-refractivity contribution in [3.8, 4) is 5.75 Å². The number of nitrogens with zero attached hydrogens (tertiary/aromatic N) is 1. The van der Waals surface area contributed by atoms with Crippen molar-refractivity contribution in [1.29, 1.82) is 0 Å². The van der Waals surface area contributed by atoms with Crippen LogP contribution in [0.3, 0.4) is 0 Å². The third kappa shape index (κ3) is 3.26. The summed E-state index contributed by atoms with van der Waals surface area (Å²) in [5.74, 6) is -0.196. The van der Waals surface area contributed by atoms with Crippen molar-refractivity contribution in [2.75, 3.05) is 12.4 Å². The lowest BCUT2D eigenvalue weighted by molar-refractivity contribution is -0.126. The number of ether oxygens (including phenoxy) is 1. The number of benzene rings is 1. The number of fused-ring (bicyclic) bond motifs is 1. The fourth-order valence-corrected chi connectivity index (χ4v) is 3.57. The van der Waals surface area contributed by atoms with Crippen molar-refractivity contribution in [2.45, 2.75) is 32.7 Å². The van der Waals surface area contributed by atoms with E-state index in [-0.39, 0.29) is 18.2 Å². The Kier molecular flexibility index (Phi) is 4.53. The van der Waals surface area contributed by atoms with E-state index in [2.05, 4.69) is 15.6 Å². The van der Waals surface area contributed by atoms with Crippen molar-refractivity contribution in [3.63, 3.8) is 0 Å². The summed E-state index contributed by atoms with van der Waals surface area (Å²) < 4.78 is 5.23. The number of thiazole rings is 1. The molecule has 0 saturated carbocycles. The molecule has 0 unspecified atom stereocenters. The molecular weight excluding hydrogens is 326 g/mol. The highest BCUT2D eigenvalue weighted by molar-refractivity contribution is 7.11. The van der Waals surface area contributed by atoms with Crippen LogP contribution in [0.25, 0.3) is 0 Å². The standard InChI is InChI=1S/C17H19N3O3S/c1-9-10(2)24-16(19-9)8-18-17(22)13-7-15(21)20-14-5-4-11(23-3)6-12(13)14/h4-6,13H,7-8H2,1-3H3,(H,18,22)(H,20,21)/t13-/m1/s1. The topological polar surface area (TPSA) is 80.3 Å². The fourth-order valence-electron chi connectivity index (χ4n) is 2.70. The molecule has 1 aliphatic rings. The zero-order chi connectivity index (χ0) is 17.3.